The van der Waals surface area contributed by atoms with E-state index >= 15 is 0 Å². The van der Waals surface area contributed by atoms with Gasteiger partial charge in [0.05, 0.1) is 27.8 Å². The summed E-state index contributed by atoms with van der Waals surface area (Å²) in [6, 6.07) is 57.2. The third-order valence-electron chi connectivity index (χ3n) is 25.8. The van der Waals surface area contributed by atoms with Crippen molar-refractivity contribution in [2.24, 2.45) is 40.7 Å². The van der Waals surface area contributed by atoms with E-state index in [9.17, 15) is 0 Å². The van der Waals surface area contributed by atoms with Crippen molar-refractivity contribution in [3.8, 4) is 56.3 Å². The highest BCUT2D eigenvalue weighted by Gasteiger charge is 2.31. The minimum Gasteiger partial charge on any atom is -0.437 e. The summed E-state index contributed by atoms with van der Waals surface area (Å²) < 4.78 is 253. The standard InChI is InChI=1S/C27H31N2O.C26H29N2O.C26H31N2O.C21H21N2O.C20H19N2O/c1-17(2)20-14-15-29(4)24(16-20)25-18(3)10-11-21-22-12-13-23(19-8-6-5-7-9-19)28-27(22)30-26(21)25;1-16(2)19-13-14-28(4)23(15-19)24-17(3)9-10-20-21-11-12-22(18-7-5-6-8-18)27-26(21)29-25(20)24;1-16(2)18-12-13-28(7)22(14-18)23-17(3)8-10-20-21-11-9-19(15-26(4,5)6)27-25(21)29-24(20)23;1-5-15-8-10-17-16-9-7-14(3)19(20(16)24-21(17)22-15)18-11-6-13(2)12-23(18)4;1-12-5-10-17(22(4)11-12)18-13(2)6-8-15-16-9-7-14(3)21-20(16)23-19(15)18/h10-17,19H,5-9H2,1-4H3;9-16,18H,5-8H2,1-4H3;8-14,16H,15H2,1-7H3;6-12H,5H2,1-4H3;5-11H,1-4H3/q5*+1/i1D3,8D2,9D2,17D,19D;1D3,7D2,16D,18D;1D3,4D3,5D3,16D;;. The van der Waals surface area contributed by atoms with Crippen LogP contribution in [0.3, 0.4) is 0 Å². The fourth-order valence-corrected chi connectivity index (χ4v) is 18.6. The smallest absolute Gasteiger partial charge is 0.227 e. The second kappa shape index (κ2) is 37.8. The van der Waals surface area contributed by atoms with E-state index < -0.39 is 88.3 Å². The molecular weight excluding hydrogens is 1660 g/mol. The predicted octanol–water partition coefficient (Wildman–Crippen LogP) is 29.1. The van der Waals surface area contributed by atoms with E-state index in [0.29, 0.717) is 115 Å². The summed E-state index contributed by atoms with van der Waals surface area (Å²) in [5, 5.41) is 8.78. The van der Waals surface area contributed by atoms with Crippen LogP contribution in [0.25, 0.3) is 167 Å². The zero-order chi connectivity index (χ0) is 117. The number of nitrogens with zero attached hydrogens (tertiary/aromatic N) is 10. The van der Waals surface area contributed by atoms with E-state index in [-0.39, 0.29) is 42.1 Å². The molecule has 0 saturated heterocycles. The number of hydrogen-bond donors (Lipinski definition) is 0. The molecule has 135 heavy (non-hydrogen) atoms. The minimum atomic E-state index is -2.74. The van der Waals surface area contributed by atoms with Gasteiger partial charge in [0.1, 0.15) is 35.2 Å². The highest BCUT2D eigenvalue weighted by atomic mass is 16.4. The number of fused-ring (bicyclic) bond motifs is 15. The molecule has 15 nitrogen and oxygen atoms in total. The molecule has 5 aromatic carbocycles. The van der Waals surface area contributed by atoms with Gasteiger partial charge >= 0.3 is 0 Å². The van der Waals surface area contributed by atoms with Gasteiger partial charge in [-0.2, -0.15) is 0 Å². The summed E-state index contributed by atoms with van der Waals surface area (Å²) in [5.74, 6) is -9.08. The monoisotopic (exact) mass is 1820 g/mol. The van der Waals surface area contributed by atoms with Crippen LogP contribution in [0.1, 0.15) is 276 Å². The molecule has 2 fully saturated rings. The second-order valence-corrected chi connectivity index (χ2v) is 36.4. The molecule has 2 aliphatic rings. The van der Waals surface area contributed by atoms with Crippen LogP contribution < -0.4 is 22.8 Å². The molecule has 15 heteroatoms. The molecule has 15 heterocycles. The van der Waals surface area contributed by atoms with Gasteiger partial charge in [-0.05, 0) is 234 Å². The first-order chi connectivity index (χ1) is 74.9. The van der Waals surface area contributed by atoms with Crippen LogP contribution >= 0.6 is 0 Å². The van der Waals surface area contributed by atoms with Gasteiger partial charge in [0.15, 0.2) is 58.9 Å². The van der Waals surface area contributed by atoms with Gasteiger partial charge in [-0.1, -0.05) is 162 Å². The molecule has 0 aliphatic heterocycles. The summed E-state index contributed by atoms with van der Waals surface area (Å²) >= 11 is 0. The van der Waals surface area contributed by atoms with Crippen LogP contribution in [0.2, 0.25) is 0 Å². The SMILES string of the molecule is CCc1ccc2c(n1)oc1c(-c3ccc(C)c[n+]3C)c(C)ccc12.Cc1ccc(-c2c(C)ccc3c2oc2nc(C)ccc23)[n+](C)c1.[2H]C([2H])([2H])C([2H])(C)c1cc[n+](C)c(-c2c(C)ccc3c2oc2nc(C4([2H])C([2H])([2H])CCCC4([2H])[2H])ccc23)c1.[2H]C([2H])([2H])C([2H])(C)c1cc[n+](C)c(-c2c(C)ccc3c2oc2nc(C4([2H])CCCC4([2H])[2H])ccc23)c1.[2H]C([2H])([2H])C([2H])(C)c1cc[n+](C)c(-c2c(C)ccc3c2oc2nc(CC(C)(C([2H])([2H])[2H])C([2H])([2H])[2H])ccc23)c1. The van der Waals surface area contributed by atoms with Crippen molar-refractivity contribution in [3.05, 3.63) is 297 Å². The van der Waals surface area contributed by atoms with E-state index in [1.54, 1.807) is 79.3 Å². The first kappa shape index (κ1) is 65.3. The number of benzene rings is 5. The molecule has 0 bridgehead atoms. The van der Waals surface area contributed by atoms with Gasteiger partial charge in [-0.3, -0.25) is 0 Å². The second-order valence-electron chi connectivity index (χ2n) is 36.4. The van der Waals surface area contributed by atoms with Crippen LogP contribution in [0.4, 0.5) is 0 Å². The van der Waals surface area contributed by atoms with Crippen LogP contribution in [-0.4, -0.2) is 24.9 Å². The van der Waals surface area contributed by atoms with Crippen molar-refractivity contribution in [2.45, 2.75) is 224 Å². The Morgan fingerprint density at radius 2 is 0.689 bits per heavy atom. The van der Waals surface area contributed by atoms with Crippen LogP contribution in [0, 0.1) is 60.8 Å². The summed E-state index contributed by atoms with van der Waals surface area (Å²) in [7, 11) is 9.66. The molecule has 2 saturated carbocycles. The molecular formula is C120H131N10O5+5. The van der Waals surface area contributed by atoms with Crippen LogP contribution in [-0.2, 0) is 48.1 Å². The van der Waals surface area contributed by atoms with E-state index in [1.165, 1.54) is 56.0 Å². The topological polar surface area (TPSA) is 150 Å². The minimum absolute atomic E-state index is 0.0165. The zero-order valence-corrected chi connectivity index (χ0v) is 79.9. The lowest BCUT2D eigenvalue weighted by atomic mass is 9.86. The van der Waals surface area contributed by atoms with Crippen molar-refractivity contribution < 1.29 is 80.6 Å². The third kappa shape index (κ3) is 18.4. The first-order valence-electron chi connectivity index (χ1n) is 59.0. The quantitative estimate of drug-likeness (QED) is 0.108. The van der Waals surface area contributed by atoms with Crippen molar-refractivity contribution in [1.29, 1.82) is 0 Å². The fourth-order valence-electron chi connectivity index (χ4n) is 18.6. The lowest BCUT2D eigenvalue weighted by molar-refractivity contribution is -0.660. The number of furan rings is 5. The molecule has 22 rings (SSSR count). The molecule has 4 unspecified atom stereocenters. The van der Waals surface area contributed by atoms with Crippen molar-refractivity contribution in [1.82, 2.24) is 24.9 Å². The zero-order valence-electron chi connectivity index (χ0n) is 106. The highest BCUT2D eigenvalue weighted by Crippen LogP contribution is 2.46. The fraction of sp³-hybridized carbons (Fsp3) is 0.333. The number of rotatable bonds is 12. The highest BCUT2D eigenvalue weighted by molar-refractivity contribution is 6.13. The Balaban J connectivity index is 0.000000131. The molecule has 0 N–H and O–H groups in total. The van der Waals surface area contributed by atoms with Gasteiger partial charge in [0.25, 0.3) is 0 Å². The molecule has 4 atom stereocenters. The normalized spacial score (nSPS) is 20.3. The molecule has 15 aromatic heterocycles. The molecule has 0 radical (unpaired) electrons. The average Bonchev–Trinajstić information content (AvgIpc) is 1.67. The summed E-state index contributed by atoms with van der Waals surface area (Å²) in [6.07, 6.45) is 6.03. The Hall–Kier alpha value is -13.4. The van der Waals surface area contributed by atoms with E-state index in [0.717, 1.165) is 123 Å². The van der Waals surface area contributed by atoms with Gasteiger partial charge < -0.3 is 22.1 Å². The van der Waals surface area contributed by atoms with Crippen molar-refractivity contribution >= 4 is 110 Å². The number of pyridine rings is 10. The molecule has 0 spiro atoms. The average molecular weight is 1820 g/mol. The van der Waals surface area contributed by atoms with E-state index in [4.69, 9.17) is 57.7 Å². The van der Waals surface area contributed by atoms with Crippen molar-refractivity contribution in [3.63, 3.8) is 0 Å². The lowest BCUT2D eigenvalue weighted by Gasteiger charge is -2.20. The molecule has 2 aliphatic carbocycles. The Kier molecular flexibility index (Phi) is 18.3. The Morgan fingerprint density at radius 1 is 0.363 bits per heavy atom. The number of aryl methyl sites for hydroxylation is 14. The summed E-state index contributed by atoms with van der Waals surface area (Å²) in [5.41, 5.74) is 23.5. The van der Waals surface area contributed by atoms with Gasteiger partial charge in [0, 0.05) is 189 Å². The number of hydrogen-bond acceptors (Lipinski definition) is 10. The van der Waals surface area contributed by atoms with E-state index in [1.807, 2.05) is 111 Å². The largest absolute Gasteiger partial charge is 0.437 e. The molecule has 20 aromatic rings. The molecule has 686 valence electrons. The van der Waals surface area contributed by atoms with Crippen LogP contribution in [0.15, 0.2) is 235 Å². The summed E-state index contributed by atoms with van der Waals surface area (Å²) in [6.45, 7) is 10.6. The van der Waals surface area contributed by atoms with Crippen LogP contribution in [0.5, 0.6) is 0 Å². The Bertz CT molecular complexity index is 9220. The van der Waals surface area contributed by atoms with Gasteiger partial charge in [0.2, 0.25) is 57.0 Å². The Morgan fingerprint density at radius 3 is 1.05 bits per heavy atom. The maximum absolute atomic E-state index is 9.03. The third-order valence-corrected chi connectivity index (χ3v) is 25.8. The van der Waals surface area contributed by atoms with Gasteiger partial charge in [-0.15, -0.1) is 0 Å². The lowest BCUT2D eigenvalue weighted by Crippen LogP contribution is -2.31. The summed E-state index contributed by atoms with van der Waals surface area (Å²) in [4.78, 5) is 22.9. The number of aromatic nitrogens is 10. The molecule has 0 amide bonds. The first-order valence-corrected chi connectivity index (χ1v) is 46.0. The predicted molar refractivity (Wildman–Crippen MR) is 550 cm³/mol. The van der Waals surface area contributed by atoms with E-state index in [2.05, 4.69) is 162 Å². The maximum Gasteiger partial charge on any atom is 0.227 e. The van der Waals surface area contributed by atoms with Gasteiger partial charge in [-0.25, -0.2) is 47.8 Å². The van der Waals surface area contributed by atoms with Crippen molar-refractivity contribution in [2.75, 3.05) is 0 Å². The maximum atomic E-state index is 9.03. The Labute approximate surface area is 830 Å².